The second-order valence-electron chi connectivity index (χ2n) is 11.5. The molecule has 1 aromatic carbocycles. The lowest BCUT2D eigenvalue weighted by Crippen LogP contribution is -2.49. The largest absolute Gasteiger partial charge is 0.491 e. The molecular weight excluding hydrogens is 388 g/mol. The van der Waals surface area contributed by atoms with Crippen molar-refractivity contribution in [1.29, 1.82) is 0 Å². The quantitative estimate of drug-likeness (QED) is 0.558. The molecule has 0 amide bonds. The molecule has 0 spiro atoms. The molecule has 7 atom stereocenters. The van der Waals surface area contributed by atoms with Gasteiger partial charge in [0.15, 0.2) is 0 Å². The molecule has 2 unspecified atom stereocenters. The van der Waals surface area contributed by atoms with Crippen molar-refractivity contribution in [2.75, 3.05) is 20.2 Å². The Labute approximate surface area is 188 Å². The molecular formula is C26H42N2O3. The van der Waals surface area contributed by atoms with Gasteiger partial charge in [-0.1, -0.05) is 13.0 Å². The van der Waals surface area contributed by atoms with Crippen LogP contribution in [0.2, 0.25) is 0 Å². The number of aliphatic hydroxyl groups is 2. The van der Waals surface area contributed by atoms with Crippen LogP contribution in [0, 0.1) is 17.3 Å². The average molecular weight is 431 g/mol. The average Bonchev–Trinajstić information content (AvgIpc) is 2.99. The van der Waals surface area contributed by atoms with Crippen LogP contribution in [-0.2, 0) is 6.42 Å². The molecule has 31 heavy (non-hydrogen) atoms. The lowest BCUT2D eigenvalue weighted by atomic mass is 9.55. The van der Waals surface area contributed by atoms with Crippen LogP contribution in [0.5, 0.6) is 5.75 Å². The van der Waals surface area contributed by atoms with Gasteiger partial charge in [-0.15, -0.1) is 0 Å². The lowest BCUT2D eigenvalue weighted by Gasteiger charge is -2.50. The molecule has 1 aromatic rings. The number of nitrogens with one attached hydrogen (secondary N) is 2. The number of aryl methyl sites for hydroxylation is 1. The minimum Gasteiger partial charge on any atom is -0.491 e. The number of fused-ring (bicyclic) bond motifs is 5. The molecule has 0 heterocycles. The van der Waals surface area contributed by atoms with Crippen molar-refractivity contribution in [1.82, 2.24) is 10.6 Å². The summed E-state index contributed by atoms with van der Waals surface area (Å²) in [5, 5.41) is 27.7. The molecule has 5 heteroatoms. The van der Waals surface area contributed by atoms with Crippen LogP contribution in [0.3, 0.4) is 0 Å². The molecule has 2 saturated carbocycles. The number of rotatable bonds is 6. The third-order valence-electron chi connectivity index (χ3n) is 8.35. The van der Waals surface area contributed by atoms with Crippen molar-refractivity contribution < 1.29 is 14.9 Å². The van der Waals surface area contributed by atoms with Crippen LogP contribution < -0.4 is 15.4 Å². The summed E-state index contributed by atoms with van der Waals surface area (Å²) in [7, 11) is 2.00. The number of β-amino-alcohol motifs (C(OH)–C–C–N with tert-alkyl or cyclic N) is 1. The maximum absolute atomic E-state index is 10.7. The van der Waals surface area contributed by atoms with Gasteiger partial charge in [0.1, 0.15) is 18.5 Å². The normalized spacial score (nSPS) is 35.8. The van der Waals surface area contributed by atoms with E-state index in [1.54, 1.807) is 0 Å². The van der Waals surface area contributed by atoms with Gasteiger partial charge in [-0.3, -0.25) is 0 Å². The van der Waals surface area contributed by atoms with Crippen LogP contribution in [0.4, 0.5) is 0 Å². The van der Waals surface area contributed by atoms with E-state index in [1.807, 2.05) is 7.05 Å². The Morgan fingerprint density at radius 3 is 2.74 bits per heavy atom. The van der Waals surface area contributed by atoms with E-state index in [4.69, 9.17) is 4.74 Å². The highest BCUT2D eigenvalue weighted by Crippen LogP contribution is 2.60. The van der Waals surface area contributed by atoms with E-state index in [-0.39, 0.29) is 23.1 Å². The van der Waals surface area contributed by atoms with Gasteiger partial charge >= 0.3 is 0 Å². The predicted molar refractivity (Wildman–Crippen MR) is 125 cm³/mol. The smallest absolute Gasteiger partial charge is 0.119 e. The van der Waals surface area contributed by atoms with Crippen molar-refractivity contribution >= 4 is 0 Å². The Morgan fingerprint density at radius 1 is 1.26 bits per heavy atom. The maximum Gasteiger partial charge on any atom is 0.119 e. The Balaban J connectivity index is 1.42. The summed E-state index contributed by atoms with van der Waals surface area (Å²) in [6.45, 7) is 9.51. The Hall–Kier alpha value is -1.14. The first-order valence-electron chi connectivity index (χ1n) is 12.2. The van der Waals surface area contributed by atoms with Crippen LogP contribution in [0.1, 0.15) is 70.4 Å². The van der Waals surface area contributed by atoms with Gasteiger partial charge in [0.25, 0.3) is 0 Å². The number of hydrogen-bond donors (Lipinski definition) is 4. The molecule has 4 N–H and O–H groups in total. The highest BCUT2D eigenvalue weighted by Gasteiger charge is 2.57. The molecule has 4 rings (SSSR count). The number of benzene rings is 1. The fourth-order valence-corrected chi connectivity index (χ4v) is 6.86. The van der Waals surface area contributed by atoms with Crippen molar-refractivity contribution in [3.63, 3.8) is 0 Å². The second-order valence-corrected chi connectivity index (χ2v) is 11.5. The zero-order chi connectivity index (χ0) is 22.4. The molecule has 0 bridgehead atoms. The molecule has 3 aliphatic rings. The summed E-state index contributed by atoms with van der Waals surface area (Å²) in [6.07, 6.45) is 4.83. The maximum atomic E-state index is 10.7. The van der Waals surface area contributed by atoms with Gasteiger partial charge < -0.3 is 25.6 Å². The molecule has 0 aliphatic heterocycles. The number of likely N-dealkylation sites (N-methyl/N-ethyl adjacent to an activating group) is 1. The Morgan fingerprint density at radius 2 is 2.03 bits per heavy atom. The first kappa shape index (κ1) is 23.0. The van der Waals surface area contributed by atoms with Crippen LogP contribution in [-0.4, -0.2) is 54.2 Å². The second kappa shape index (κ2) is 8.66. The minimum atomic E-state index is -0.524. The summed E-state index contributed by atoms with van der Waals surface area (Å²) in [4.78, 5) is 0. The van der Waals surface area contributed by atoms with Crippen molar-refractivity contribution in [3.8, 4) is 5.75 Å². The summed E-state index contributed by atoms with van der Waals surface area (Å²) in [6, 6.07) is 6.77. The van der Waals surface area contributed by atoms with Gasteiger partial charge in [0, 0.05) is 18.1 Å². The van der Waals surface area contributed by atoms with E-state index in [1.165, 1.54) is 30.4 Å². The fraction of sp³-hybridized carbons (Fsp3) is 0.769. The summed E-state index contributed by atoms with van der Waals surface area (Å²) < 4.78 is 5.93. The van der Waals surface area contributed by atoms with Gasteiger partial charge in [0.2, 0.25) is 0 Å². The topological polar surface area (TPSA) is 73.8 Å². The third kappa shape index (κ3) is 4.52. The zero-order valence-corrected chi connectivity index (χ0v) is 19.9. The van der Waals surface area contributed by atoms with Gasteiger partial charge in [-0.2, -0.15) is 0 Å². The predicted octanol–water partition coefficient (Wildman–Crippen LogP) is 3.23. The molecule has 5 nitrogen and oxygen atoms in total. The summed E-state index contributed by atoms with van der Waals surface area (Å²) in [5.41, 5.74) is 3.09. The highest BCUT2D eigenvalue weighted by molar-refractivity contribution is 5.41. The standard InChI is InChI=1S/C26H42N2O3/c1-25(2,3)28-14-17(29)15-31-18-7-9-19-16(12-18)6-8-21-20(19)10-11-26(4)22(21)13-23(30)24(26)27-5/h7,9,12,17,20-24,27-30H,6,8,10-11,13-15H2,1-5H3/t17?,20-,21-,22+,23-,24?,26+/m1/s1. The number of hydrogen-bond acceptors (Lipinski definition) is 5. The summed E-state index contributed by atoms with van der Waals surface area (Å²) >= 11 is 0. The van der Waals surface area contributed by atoms with E-state index in [9.17, 15) is 10.2 Å². The molecule has 0 aromatic heterocycles. The van der Waals surface area contributed by atoms with Gasteiger partial charge in [-0.05, 0) is 106 Å². The molecule has 3 aliphatic carbocycles. The Bertz CT molecular complexity index is 776. The monoisotopic (exact) mass is 430 g/mol. The van der Waals surface area contributed by atoms with Crippen molar-refractivity contribution in [3.05, 3.63) is 29.3 Å². The lowest BCUT2D eigenvalue weighted by molar-refractivity contribution is 0.0382. The van der Waals surface area contributed by atoms with Crippen LogP contribution in [0.25, 0.3) is 0 Å². The van der Waals surface area contributed by atoms with E-state index < -0.39 is 6.10 Å². The van der Waals surface area contributed by atoms with Gasteiger partial charge in [0.05, 0.1) is 6.10 Å². The van der Waals surface area contributed by atoms with E-state index in [0.29, 0.717) is 30.9 Å². The van der Waals surface area contributed by atoms with Crippen LogP contribution in [0.15, 0.2) is 18.2 Å². The fourth-order valence-electron chi connectivity index (χ4n) is 6.86. The molecule has 2 fully saturated rings. The van der Waals surface area contributed by atoms with E-state index in [0.717, 1.165) is 18.6 Å². The zero-order valence-electron chi connectivity index (χ0n) is 19.9. The number of ether oxygens (including phenoxy) is 1. The Kier molecular flexibility index (Phi) is 6.43. The van der Waals surface area contributed by atoms with E-state index >= 15 is 0 Å². The van der Waals surface area contributed by atoms with Crippen molar-refractivity contribution in [2.24, 2.45) is 17.3 Å². The molecule has 0 saturated heterocycles. The molecule has 0 radical (unpaired) electrons. The van der Waals surface area contributed by atoms with Crippen molar-refractivity contribution in [2.45, 2.75) is 89.5 Å². The van der Waals surface area contributed by atoms with Crippen LogP contribution >= 0.6 is 0 Å². The highest BCUT2D eigenvalue weighted by atomic mass is 16.5. The van der Waals surface area contributed by atoms with Gasteiger partial charge in [-0.25, -0.2) is 0 Å². The first-order valence-corrected chi connectivity index (χ1v) is 12.2. The SMILES string of the molecule is CNC1[C@H](O)C[C@H]2[C@@H]3CCc4cc(OCC(O)CNC(C)(C)C)ccc4[C@H]3CC[C@]12C. The minimum absolute atomic E-state index is 0.0119. The van der Waals surface area contributed by atoms with E-state index in [2.05, 4.69) is 56.5 Å². The first-order chi connectivity index (χ1) is 14.6. The molecule has 174 valence electrons. The summed E-state index contributed by atoms with van der Waals surface area (Å²) in [5.74, 6) is 2.71. The third-order valence-corrected chi connectivity index (χ3v) is 8.35. The number of aliphatic hydroxyl groups excluding tert-OH is 2.